The van der Waals surface area contributed by atoms with Crippen molar-refractivity contribution in [2.24, 2.45) is 5.92 Å². The molecule has 0 radical (unpaired) electrons. The quantitative estimate of drug-likeness (QED) is 0.353. The van der Waals surface area contributed by atoms with Crippen LogP contribution in [-0.2, 0) is 30.5 Å². The van der Waals surface area contributed by atoms with E-state index < -0.39 is 30.6 Å². The molecule has 2 aliphatic rings. The first-order valence-corrected chi connectivity index (χ1v) is 15.0. The van der Waals surface area contributed by atoms with Gasteiger partial charge in [0.05, 0.1) is 18.3 Å². The lowest BCUT2D eigenvalue weighted by atomic mass is 9.90. The molecule has 228 valence electrons. The Morgan fingerprint density at radius 3 is 2.43 bits per heavy atom. The average Bonchev–Trinajstić information content (AvgIpc) is 3.11. The molecule has 0 saturated carbocycles. The van der Waals surface area contributed by atoms with Crippen LogP contribution in [0.5, 0.6) is 0 Å². The lowest BCUT2D eigenvalue weighted by Gasteiger charge is -2.32. The number of thioether (sulfide) groups is 1. The van der Waals surface area contributed by atoms with Crippen molar-refractivity contribution in [2.75, 3.05) is 36.9 Å². The van der Waals surface area contributed by atoms with E-state index in [4.69, 9.17) is 9.47 Å². The van der Waals surface area contributed by atoms with E-state index in [0.29, 0.717) is 36.9 Å². The van der Waals surface area contributed by atoms with Gasteiger partial charge in [-0.2, -0.15) is 0 Å². The van der Waals surface area contributed by atoms with Crippen molar-refractivity contribution in [3.63, 3.8) is 0 Å². The third kappa shape index (κ3) is 9.11. The van der Waals surface area contributed by atoms with E-state index in [1.165, 1.54) is 16.7 Å². The first-order chi connectivity index (χ1) is 19.9. The molecule has 2 aromatic carbocycles. The maximum Gasteiger partial charge on any atom is 0.410 e. The molecule has 12 heteroatoms. The first kappa shape index (κ1) is 33.2. The highest BCUT2D eigenvalue weighted by atomic mass is 35.5. The standard InChI is InChI=1S/C30H37N3O7S.ClH/c1-2-39-29(37)23(31-24-20-41-26-11-7-6-10-25(26)33(28(24)36)18-27(34)35)13-12-21-14-16-32(17-15-21)30(38)40-19-22-8-4-3-5-9-22;/h3-11,21,23-24,31H,2,12-20H2,1H3,(H,34,35);1H/t23-,24?;/m1./s1. The number of hydrogen-bond donors (Lipinski definition) is 2. The predicted octanol–water partition coefficient (Wildman–Crippen LogP) is 4.35. The summed E-state index contributed by atoms with van der Waals surface area (Å²) in [5.74, 6) is -1.28. The Bertz CT molecular complexity index is 1210. The van der Waals surface area contributed by atoms with Crippen LogP contribution in [0.2, 0.25) is 0 Å². The number of esters is 1. The molecule has 42 heavy (non-hydrogen) atoms. The SMILES string of the molecule is CCOC(=O)[C@@H](CCC1CCN(C(=O)OCc2ccccc2)CC1)NC1CSc2ccccc2N(CC(=O)O)C1=O.Cl. The molecule has 4 rings (SSSR count). The second kappa shape index (κ2) is 16.4. The third-order valence-corrected chi connectivity index (χ3v) is 8.49. The summed E-state index contributed by atoms with van der Waals surface area (Å²) in [5.41, 5.74) is 1.49. The van der Waals surface area contributed by atoms with Crippen molar-refractivity contribution in [3.05, 3.63) is 60.2 Å². The van der Waals surface area contributed by atoms with Gasteiger partial charge in [-0.3, -0.25) is 24.6 Å². The number of ether oxygens (including phenoxy) is 2. The molecule has 1 saturated heterocycles. The number of carboxylic acid groups (broad SMARTS) is 1. The van der Waals surface area contributed by atoms with Crippen LogP contribution in [0.3, 0.4) is 0 Å². The molecule has 0 aliphatic carbocycles. The average molecular weight is 620 g/mol. The molecule has 0 bridgehead atoms. The van der Waals surface area contributed by atoms with Crippen molar-refractivity contribution >= 4 is 53.8 Å². The van der Waals surface area contributed by atoms with Gasteiger partial charge in [-0.15, -0.1) is 24.2 Å². The van der Waals surface area contributed by atoms with Crippen LogP contribution in [0, 0.1) is 5.92 Å². The van der Waals surface area contributed by atoms with Gasteiger partial charge in [0.25, 0.3) is 0 Å². The van der Waals surface area contributed by atoms with Crippen LogP contribution in [0.15, 0.2) is 59.5 Å². The Morgan fingerprint density at radius 2 is 1.74 bits per heavy atom. The number of anilines is 1. The number of carbonyl (C=O) groups is 4. The van der Waals surface area contributed by atoms with Crippen LogP contribution < -0.4 is 10.2 Å². The minimum atomic E-state index is -1.11. The highest BCUT2D eigenvalue weighted by Gasteiger charge is 2.35. The van der Waals surface area contributed by atoms with E-state index in [2.05, 4.69) is 5.32 Å². The number of halogens is 1. The van der Waals surface area contributed by atoms with Gasteiger partial charge in [-0.05, 0) is 56.2 Å². The number of nitrogens with zero attached hydrogens (tertiary/aromatic N) is 2. The van der Waals surface area contributed by atoms with E-state index in [0.717, 1.165) is 29.7 Å². The molecule has 2 heterocycles. The largest absolute Gasteiger partial charge is 0.480 e. The number of rotatable bonds is 11. The Morgan fingerprint density at radius 1 is 1.05 bits per heavy atom. The summed E-state index contributed by atoms with van der Waals surface area (Å²) < 4.78 is 10.8. The summed E-state index contributed by atoms with van der Waals surface area (Å²) in [6.07, 6.45) is 2.43. The number of likely N-dealkylation sites (tertiary alicyclic amines) is 1. The lowest BCUT2D eigenvalue weighted by Crippen LogP contribution is -2.54. The van der Waals surface area contributed by atoms with Gasteiger partial charge in [-0.1, -0.05) is 42.5 Å². The molecule has 0 aromatic heterocycles. The number of benzene rings is 2. The van der Waals surface area contributed by atoms with Crippen molar-refractivity contribution in [1.82, 2.24) is 10.2 Å². The fourth-order valence-electron chi connectivity index (χ4n) is 5.14. The molecular formula is C30H38ClN3O7S. The zero-order chi connectivity index (χ0) is 29.2. The Hall–Kier alpha value is -3.28. The maximum atomic E-state index is 13.5. The summed E-state index contributed by atoms with van der Waals surface area (Å²) in [6.45, 7) is 2.88. The smallest absolute Gasteiger partial charge is 0.410 e. The number of carboxylic acids is 1. The van der Waals surface area contributed by atoms with E-state index in [-0.39, 0.29) is 37.6 Å². The number of nitrogens with one attached hydrogen (secondary N) is 1. The molecule has 2 aliphatic heterocycles. The van der Waals surface area contributed by atoms with Crippen LogP contribution >= 0.6 is 24.2 Å². The fourth-order valence-corrected chi connectivity index (χ4v) is 6.23. The molecule has 10 nitrogen and oxygen atoms in total. The van der Waals surface area contributed by atoms with Crippen LogP contribution in [0.1, 0.15) is 38.2 Å². The van der Waals surface area contributed by atoms with Gasteiger partial charge < -0.3 is 19.5 Å². The number of fused-ring (bicyclic) bond motifs is 1. The molecule has 1 fully saturated rings. The van der Waals surface area contributed by atoms with Crippen LogP contribution in [0.4, 0.5) is 10.5 Å². The molecule has 2 atom stereocenters. The predicted molar refractivity (Wildman–Crippen MR) is 162 cm³/mol. The first-order valence-electron chi connectivity index (χ1n) is 14.0. The van der Waals surface area contributed by atoms with E-state index in [1.54, 1.807) is 24.0 Å². The van der Waals surface area contributed by atoms with Crippen LogP contribution in [-0.4, -0.2) is 78.0 Å². The zero-order valence-corrected chi connectivity index (χ0v) is 25.2. The summed E-state index contributed by atoms with van der Waals surface area (Å²) in [7, 11) is 0. The number of piperidine rings is 1. The normalized spacial score (nSPS) is 17.8. The fraction of sp³-hybridized carbons (Fsp3) is 0.467. The van der Waals surface area contributed by atoms with Crippen molar-refractivity contribution in [2.45, 2.75) is 56.2 Å². The monoisotopic (exact) mass is 619 g/mol. The van der Waals surface area contributed by atoms with E-state index >= 15 is 0 Å². The topological polar surface area (TPSA) is 125 Å². The van der Waals surface area contributed by atoms with E-state index in [1.807, 2.05) is 42.5 Å². The lowest BCUT2D eigenvalue weighted by molar-refractivity contribution is -0.146. The number of aliphatic carboxylic acids is 1. The minimum absolute atomic E-state index is 0. The summed E-state index contributed by atoms with van der Waals surface area (Å²) in [6, 6.07) is 15.3. The Labute approximate surface area is 256 Å². The highest BCUT2D eigenvalue weighted by Crippen LogP contribution is 2.34. The van der Waals surface area contributed by atoms with Gasteiger partial charge in [0.1, 0.15) is 19.2 Å². The molecule has 2 aromatic rings. The zero-order valence-electron chi connectivity index (χ0n) is 23.6. The van der Waals surface area contributed by atoms with Crippen LogP contribution in [0.25, 0.3) is 0 Å². The molecule has 2 amide bonds. The molecule has 0 spiro atoms. The molecule has 2 N–H and O–H groups in total. The van der Waals surface area contributed by atoms with Crippen molar-refractivity contribution in [1.29, 1.82) is 0 Å². The molecule has 1 unspecified atom stereocenters. The molecular weight excluding hydrogens is 582 g/mol. The second-order valence-corrected chi connectivity index (χ2v) is 11.2. The number of hydrogen-bond acceptors (Lipinski definition) is 8. The minimum Gasteiger partial charge on any atom is -0.480 e. The summed E-state index contributed by atoms with van der Waals surface area (Å²) in [5, 5.41) is 12.7. The third-order valence-electron chi connectivity index (χ3n) is 7.33. The second-order valence-electron chi connectivity index (χ2n) is 10.2. The highest BCUT2D eigenvalue weighted by molar-refractivity contribution is 7.99. The van der Waals surface area contributed by atoms with E-state index in [9.17, 15) is 24.3 Å². The van der Waals surface area contributed by atoms with Gasteiger partial charge in [0.2, 0.25) is 5.91 Å². The van der Waals surface area contributed by atoms with Crippen molar-refractivity contribution in [3.8, 4) is 0 Å². The maximum absolute atomic E-state index is 13.5. The Kier molecular flexibility index (Phi) is 13.0. The van der Waals surface area contributed by atoms with Gasteiger partial charge in [0.15, 0.2) is 0 Å². The Balaban J connectivity index is 0.00000484. The van der Waals surface area contributed by atoms with Crippen molar-refractivity contribution < 1.29 is 33.8 Å². The number of carbonyl (C=O) groups excluding carboxylic acids is 3. The van der Waals surface area contributed by atoms with Gasteiger partial charge in [0, 0.05) is 23.7 Å². The summed E-state index contributed by atoms with van der Waals surface area (Å²) in [4.78, 5) is 54.3. The number of amides is 2. The number of para-hydroxylation sites is 1. The van der Waals surface area contributed by atoms with Gasteiger partial charge >= 0.3 is 18.0 Å². The van der Waals surface area contributed by atoms with Gasteiger partial charge in [-0.25, -0.2) is 4.79 Å². The summed E-state index contributed by atoms with van der Waals surface area (Å²) >= 11 is 1.45.